The Kier molecular flexibility index (Phi) is 4.69. The molecule has 0 spiro atoms. The van der Waals surface area contributed by atoms with E-state index < -0.39 is 10.0 Å². The fraction of sp³-hybridized carbons (Fsp3) is 0.733. The molecule has 3 unspecified atom stereocenters. The molecule has 2 aliphatic rings. The molecule has 0 amide bonds. The van der Waals surface area contributed by atoms with Crippen molar-refractivity contribution in [2.45, 2.75) is 36.3 Å². The highest BCUT2D eigenvalue weighted by molar-refractivity contribution is 7.91. The third-order valence-electron chi connectivity index (χ3n) is 4.94. The minimum Gasteiger partial charge on any atom is -0.319 e. The van der Waals surface area contributed by atoms with Gasteiger partial charge in [-0.2, -0.15) is 0 Å². The molecule has 0 aromatic carbocycles. The summed E-state index contributed by atoms with van der Waals surface area (Å²) in [6.45, 7) is 1.49. The SMILES string of the molecule is CNCCc1ccc(S(=O)(=O)NCC2CC3CCC2C3)s1. The zero-order valence-corrected chi connectivity index (χ0v) is 14.1. The van der Waals surface area contributed by atoms with Crippen LogP contribution in [0.15, 0.2) is 16.3 Å². The molecular weight excluding hydrogens is 304 g/mol. The van der Waals surface area contributed by atoms with Crippen molar-refractivity contribution in [3.63, 3.8) is 0 Å². The van der Waals surface area contributed by atoms with Crippen LogP contribution < -0.4 is 10.0 Å². The summed E-state index contributed by atoms with van der Waals surface area (Å²) in [5.41, 5.74) is 0. The first kappa shape index (κ1) is 15.5. The summed E-state index contributed by atoms with van der Waals surface area (Å²) in [4.78, 5) is 1.12. The van der Waals surface area contributed by atoms with Crippen LogP contribution in [0.3, 0.4) is 0 Å². The number of likely N-dealkylation sites (N-methyl/N-ethyl adjacent to an activating group) is 1. The van der Waals surface area contributed by atoms with E-state index in [0.717, 1.165) is 29.7 Å². The third-order valence-corrected chi connectivity index (χ3v) is 8.00. The Hall–Kier alpha value is -0.430. The average Bonchev–Trinajstić information content (AvgIpc) is 3.18. The van der Waals surface area contributed by atoms with E-state index in [0.29, 0.717) is 16.7 Å². The number of hydrogen-bond donors (Lipinski definition) is 2. The lowest BCUT2D eigenvalue weighted by Crippen LogP contribution is -2.31. The molecule has 3 atom stereocenters. The molecule has 4 nitrogen and oxygen atoms in total. The summed E-state index contributed by atoms with van der Waals surface area (Å²) in [5.74, 6) is 2.17. The van der Waals surface area contributed by atoms with Gasteiger partial charge in [0.2, 0.25) is 10.0 Å². The second-order valence-corrected chi connectivity index (χ2v) is 9.52. The van der Waals surface area contributed by atoms with Crippen molar-refractivity contribution in [2.24, 2.45) is 17.8 Å². The van der Waals surface area contributed by atoms with Crippen molar-refractivity contribution in [1.29, 1.82) is 0 Å². The summed E-state index contributed by atoms with van der Waals surface area (Å²) in [7, 11) is -1.42. The summed E-state index contributed by atoms with van der Waals surface area (Å²) in [6, 6.07) is 3.66. The van der Waals surface area contributed by atoms with Gasteiger partial charge < -0.3 is 5.32 Å². The normalized spacial score (nSPS) is 28.3. The highest BCUT2D eigenvalue weighted by atomic mass is 32.2. The number of sulfonamides is 1. The van der Waals surface area contributed by atoms with E-state index in [2.05, 4.69) is 10.0 Å². The molecule has 6 heteroatoms. The fourth-order valence-corrected chi connectivity index (χ4v) is 6.29. The van der Waals surface area contributed by atoms with Crippen LogP contribution in [0.4, 0.5) is 0 Å². The fourth-order valence-electron chi connectivity index (χ4n) is 3.80. The van der Waals surface area contributed by atoms with Gasteiger partial charge in [-0.3, -0.25) is 0 Å². The Morgan fingerprint density at radius 2 is 2.14 bits per heavy atom. The Bertz CT molecular complexity index is 582. The molecule has 3 rings (SSSR count). The Morgan fingerprint density at radius 1 is 1.29 bits per heavy atom. The largest absolute Gasteiger partial charge is 0.319 e. The van der Waals surface area contributed by atoms with Gasteiger partial charge in [-0.05, 0) is 69.2 Å². The summed E-state index contributed by atoms with van der Waals surface area (Å²) < 4.78 is 28.0. The van der Waals surface area contributed by atoms with Gasteiger partial charge in [0.05, 0.1) is 0 Å². The summed E-state index contributed by atoms with van der Waals surface area (Å²) in [6.07, 6.45) is 6.06. The van der Waals surface area contributed by atoms with Crippen molar-refractivity contribution in [3.05, 3.63) is 17.0 Å². The lowest BCUT2D eigenvalue weighted by Gasteiger charge is -2.21. The van der Waals surface area contributed by atoms with Crippen LogP contribution in [0.1, 0.15) is 30.6 Å². The zero-order chi connectivity index (χ0) is 14.9. The minimum atomic E-state index is -3.32. The monoisotopic (exact) mass is 328 g/mol. The summed E-state index contributed by atoms with van der Waals surface area (Å²) in [5, 5.41) is 3.08. The van der Waals surface area contributed by atoms with Crippen molar-refractivity contribution in [3.8, 4) is 0 Å². The molecule has 118 valence electrons. The van der Waals surface area contributed by atoms with E-state index in [-0.39, 0.29) is 0 Å². The standard InChI is InChI=1S/C15H24N2O2S2/c1-16-7-6-14-4-5-15(20-14)21(18,19)17-10-13-9-11-2-3-12(13)8-11/h4-5,11-13,16-17H,2-3,6-10H2,1H3. The van der Waals surface area contributed by atoms with Gasteiger partial charge in [-0.15, -0.1) is 11.3 Å². The topological polar surface area (TPSA) is 58.2 Å². The van der Waals surface area contributed by atoms with Gasteiger partial charge in [0.15, 0.2) is 0 Å². The molecule has 2 aliphatic carbocycles. The molecule has 2 saturated carbocycles. The second kappa shape index (κ2) is 6.36. The highest BCUT2D eigenvalue weighted by Crippen LogP contribution is 2.48. The maximum Gasteiger partial charge on any atom is 0.250 e. The van der Waals surface area contributed by atoms with Crippen molar-refractivity contribution in [1.82, 2.24) is 10.0 Å². The van der Waals surface area contributed by atoms with Crippen molar-refractivity contribution in [2.75, 3.05) is 20.1 Å². The lowest BCUT2D eigenvalue weighted by molar-refractivity contribution is 0.333. The maximum absolute atomic E-state index is 12.4. The van der Waals surface area contributed by atoms with Crippen molar-refractivity contribution < 1.29 is 8.42 Å². The van der Waals surface area contributed by atoms with Crippen LogP contribution in [0, 0.1) is 17.8 Å². The Morgan fingerprint density at radius 3 is 2.81 bits per heavy atom. The quantitative estimate of drug-likeness (QED) is 0.807. The molecule has 2 fully saturated rings. The minimum absolute atomic E-state index is 0.455. The first-order valence-electron chi connectivity index (χ1n) is 7.81. The van der Waals surface area contributed by atoms with Crippen LogP contribution in [0.2, 0.25) is 0 Å². The third kappa shape index (κ3) is 3.50. The number of nitrogens with one attached hydrogen (secondary N) is 2. The first-order valence-corrected chi connectivity index (χ1v) is 10.1. The van der Waals surface area contributed by atoms with Crippen LogP contribution in [0.5, 0.6) is 0 Å². The van der Waals surface area contributed by atoms with E-state index in [1.165, 1.54) is 37.0 Å². The van der Waals surface area contributed by atoms with E-state index in [9.17, 15) is 8.42 Å². The van der Waals surface area contributed by atoms with Gasteiger partial charge >= 0.3 is 0 Å². The number of thiophene rings is 1. The number of rotatable bonds is 7. The van der Waals surface area contributed by atoms with Crippen molar-refractivity contribution >= 4 is 21.4 Å². The summed E-state index contributed by atoms with van der Waals surface area (Å²) >= 11 is 1.39. The van der Waals surface area contributed by atoms with Gasteiger partial charge in [0, 0.05) is 11.4 Å². The molecule has 1 aromatic heterocycles. The van der Waals surface area contributed by atoms with Crippen LogP contribution in [-0.2, 0) is 16.4 Å². The maximum atomic E-state index is 12.4. The molecule has 0 aliphatic heterocycles. The van der Waals surface area contributed by atoms with Crippen LogP contribution >= 0.6 is 11.3 Å². The predicted octanol–water partition coefficient (Wildman–Crippen LogP) is 2.22. The zero-order valence-electron chi connectivity index (χ0n) is 12.5. The smallest absolute Gasteiger partial charge is 0.250 e. The molecule has 0 saturated heterocycles. The van der Waals surface area contributed by atoms with E-state index in [4.69, 9.17) is 0 Å². The molecule has 1 aromatic rings. The van der Waals surface area contributed by atoms with Gasteiger partial charge in [-0.1, -0.05) is 6.42 Å². The molecular formula is C15H24N2O2S2. The number of hydrogen-bond acceptors (Lipinski definition) is 4. The van der Waals surface area contributed by atoms with Gasteiger partial charge in [0.1, 0.15) is 4.21 Å². The lowest BCUT2D eigenvalue weighted by atomic mass is 9.89. The Labute approximate surface area is 131 Å². The van der Waals surface area contributed by atoms with Gasteiger partial charge in [-0.25, -0.2) is 13.1 Å². The first-order chi connectivity index (χ1) is 10.1. The van der Waals surface area contributed by atoms with E-state index in [1.54, 1.807) is 6.07 Å². The predicted molar refractivity (Wildman–Crippen MR) is 86.1 cm³/mol. The average molecular weight is 329 g/mol. The molecule has 2 bridgehead atoms. The highest BCUT2D eigenvalue weighted by Gasteiger charge is 2.39. The van der Waals surface area contributed by atoms with Gasteiger partial charge in [0.25, 0.3) is 0 Å². The van der Waals surface area contributed by atoms with Crippen LogP contribution in [0.25, 0.3) is 0 Å². The molecule has 2 N–H and O–H groups in total. The Balaban J connectivity index is 1.57. The van der Waals surface area contributed by atoms with Crippen LogP contribution in [-0.4, -0.2) is 28.6 Å². The number of fused-ring (bicyclic) bond motifs is 2. The second-order valence-electron chi connectivity index (χ2n) is 6.36. The molecule has 1 heterocycles. The van der Waals surface area contributed by atoms with E-state index in [1.807, 2.05) is 13.1 Å². The molecule has 0 radical (unpaired) electrons. The molecule has 21 heavy (non-hydrogen) atoms. The van der Waals surface area contributed by atoms with E-state index >= 15 is 0 Å².